The molecule has 23 heavy (non-hydrogen) atoms. The third kappa shape index (κ3) is 3.73. The molecule has 0 unspecified atom stereocenters. The first-order valence-corrected chi connectivity index (χ1v) is 8.42. The van der Waals surface area contributed by atoms with Crippen LogP contribution in [0.1, 0.15) is 39.3 Å². The fourth-order valence-electron chi connectivity index (χ4n) is 2.58. The zero-order chi connectivity index (χ0) is 16.2. The normalized spacial score (nSPS) is 13.3. The van der Waals surface area contributed by atoms with Crippen molar-refractivity contribution >= 4 is 28.3 Å². The second-order valence-electron chi connectivity index (χ2n) is 5.47. The van der Waals surface area contributed by atoms with Crippen LogP contribution in [-0.2, 0) is 24.1 Å². The van der Waals surface area contributed by atoms with Gasteiger partial charge < -0.3 is 5.32 Å². The molecule has 7 heteroatoms. The lowest BCUT2D eigenvalue weighted by molar-refractivity contribution is -0.119. The van der Waals surface area contributed by atoms with Crippen LogP contribution in [0.15, 0.2) is 18.5 Å². The molecular formula is C16H18N4O2S. The quantitative estimate of drug-likeness (QED) is 0.897. The highest BCUT2D eigenvalue weighted by Gasteiger charge is 2.15. The Morgan fingerprint density at radius 3 is 2.87 bits per heavy atom. The molecule has 1 aliphatic rings. The van der Waals surface area contributed by atoms with Crippen molar-refractivity contribution in [1.82, 2.24) is 15.3 Å². The Morgan fingerprint density at radius 2 is 2.04 bits per heavy atom. The molecule has 2 heterocycles. The summed E-state index contributed by atoms with van der Waals surface area (Å²) in [6.07, 6.45) is 7.79. The number of hydrogen-bond acceptors (Lipinski definition) is 5. The van der Waals surface area contributed by atoms with Gasteiger partial charge in [0.1, 0.15) is 0 Å². The van der Waals surface area contributed by atoms with Crippen molar-refractivity contribution in [3.8, 4) is 0 Å². The van der Waals surface area contributed by atoms with E-state index in [2.05, 4.69) is 20.6 Å². The summed E-state index contributed by atoms with van der Waals surface area (Å²) in [5, 5.41) is 5.83. The Kier molecular flexibility index (Phi) is 4.66. The lowest BCUT2D eigenvalue weighted by Crippen LogP contribution is -2.19. The van der Waals surface area contributed by atoms with Crippen molar-refractivity contribution in [3.63, 3.8) is 0 Å². The van der Waals surface area contributed by atoms with E-state index in [0.717, 1.165) is 29.8 Å². The van der Waals surface area contributed by atoms with Crippen molar-refractivity contribution in [2.24, 2.45) is 0 Å². The van der Waals surface area contributed by atoms with Gasteiger partial charge in [-0.1, -0.05) is 0 Å². The zero-order valence-corrected chi connectivity index (χ0v) is 13.7. The number of hydrogen-bond donors (Lipinski definition) is 2. The molecule has 2 aromatic rings. The van der Waals surface area contributed by atoms with E-state index >= 15 is 0 Å². The highest BCUT2D eigenvalue weighted by Crippen LogP contribution is 2.22. The number of nitrogens with one attached hydrogen (secondary N) is 2. The fourth-order valence-corrected chi connectivity index (χ4v) is 3.38. The van der Waals surface area contributed by atoms with Gasteiger partial charge in [0.05, 0.1) is 12.0 Å². The third-order valence-electron chi connectivity index (χ3n) is 3.82. The summed E-state index contributed by atoms with van der Waals surface area (Å²) >= 11 is 1.30. The van der Waals surface area contributed by atoms with Crippen molar-refractivity contribution in [1.29, 1.82) is 0 Å². The summed E-state index contributed by atoms with van der Waals surface area (Å²) in [5.74, 6) is -0.294. The van der Waals surface area contributed by atoms with E-state index < -0.39 is 0 Å². The topological polar surface area (TPSA) is 84.0 Å². The molecule has 2 amide bonds. The number of aryl methyl sites for hydroxylation is 2. The van der Waals surface area contributed by atoms with E-state index in [9.17, 15) is 9.59 Å². The highest BCUT2D eigenvalue weighted by atomic mass is 32.1. The molecule has 0 bridgehead atoms. The van der Waals surface area contributed by atoms with E-state index in [1.54, 1.807) is 19.4 Å². The van der Waals surface area contributed by atoms with Crippen LogP contribution < -0.4 is 10.6 Å². The van der Waals surface area contributed by atoms with E-state index in [4.69, 9.17) is 0 Å². The number of likely N-dealkylation sites (N-methyl/N-ethyl adjacent to an activating group) is 1. The van der Waals surface area contributed by atoms with Crippen molar-refractivity contribution in [2.75, 3.05) is 12.4 Å². The van der Waals surface area contributed by atoms with Crippen LogP contribution in [0.4, 0.5) is 5.13 Å². The lowest BCUT2D eigenvalue weighted by atomic mass is 9.95. The van der Waals surface area contributed by atoms with Crippen molar-refractivity contribution in [2.45, 2.75) is 32.1 Å². The van der Waals surface area contributed by atoms with Gasteiger partial charge in [-0.3, -0.25) is 19.9 Å². The van der Waals surface area contributed by atoms with Gasteiger partial charge in [0.2, 0.25) is 5.91 Å². The highest BCUT2D eigenvalue weighted by molar-refractivity contribution is 7.15. The second-order valence-corrected chi connectivity index (χ2v) is 6.59. The Morgan fingerprint density at radius 1 is 1.22 bits per heavy atom. The van der Waals surface area contributed by atoms with Gasteiger partial charge >= 0.3 is 0 Å². The third-order valence-corrected chi connectivity index (χ3v) is 4.73. The maximum atomic E-state index is 12.3. The predicted molar refractivity (Wildman–Crippen MR) is 88.7 cm³/mol. The minimum Gasteiger partial charge on any atom is -0.359 e. The maximum Gasteiger partial charge on any atom is 0.259 e. The molecule has 0 saturated carbocycles. The largest absolute Gasteiger partial charge is 0.359 e. The summed E-state index contributed by atoms with van der Waals surface area (Å²) in [5.41, 5.74) is 2.83. The maximum absolute atomic E-state index is 12.3. The first-order valence-electron chi connectivity index (χ1n) is 7.60. The summed E-state index contributed by atoms with van der Waals surface area (Å²) in [7, 11) is 1.59. The molecule has 0 aromatic carbocycles. The predicted octanol–water partition coefficient (Wildman–Crippen LogP) is 1.96. The fraction of sp³-hybridized carbons (Fsp3) is 0.375. The molecule has 0 spiro atoms. The van der Waals surface area contributed by atoms with Crippen LogP contribution in [0, 0.1) is 0 Å². The smallest absolute Gasteiger partial charge is 0.259 e. The number of carbonyl (C=O) groups excluding carboxylic acids is 2. The molecule has 0 radical (unpaired) electrons. The minimum atomic E-state index is -0.216. The van der Waals surface area contributed by atoms with Crippen LogP contribution in [0.5, 0.6) is 0 Å². The Labute approximate surface area is 138 Å². The SMILES string of the molecule is CNC(=O)Cc1cnc(NC(=O)c2cnc3c(c2)CCCC3)s1. The van der Waals surface area contributed by atoms with Gasteiger partial charge in [0.25, 0.3) is 5.91 Å². The molecule has 1 aliphatic carbocycles. The van der Waals surface area contributed by atoms with Crippen molar-refractivity contribution < 1.29 is 9.59 Å². The van der Waals surface area contributed by atoms with Crippen LogP contribution in [0.3, 0.4) is 0 Å². The number of fused-ring (bicyclic) bond motifs is 1. The molecular weight excluding hydrogens is 312 g/mol. The van der Waals surface area contributed by atoms with Gasteiger partial charge in [0.15, 0.2) is 5.13 Å². The van der Waals surface area contributed by atoms with Gasteiger partial charge in [-0.2, -0.15) is 0 Å². The number of amides is 2. The first-order chi connectivity index (χ1) is 11.2. The molecule has 120 valence electrons. The average Bonchev–Trinajstić information content (AvgIpc) is 3.01. The molecule has 3 rings (SSSR count). The van der Waals surface area contributed by atoms with Crippen LogP contribution in [0.25, 0.3) is 0 Å². The van der Waals surface area contributed by atoms with Gasteiger partial charge in [0, 0.05) is 30.0 Å². The number of rotatable bonds is 4. The molecule has 6 nitrogen and oxygen atoms in total. The average molecular weight is 330 g/mol. The van der Waals surface area contributed by atoms with E-state index in [-0.39, 0.29) is 18.2 Å². The lowest BCUT2D eigenvalue weighted by Gasteiger charge is -2.15. The van der Waals surface area contributed by atoms with Crippen LogP contribution >= 0.6 is 11.3 Å². The van der Waals surface area contributed by atoms with E-state index in [1.165, 1.54) is 23.3 Å². The second kappa shape index (κ2) is 6.87. The molecule has 0 saturated heterocycles. The molecule has 0 fully saturated rings. The molecule has 0 aliphatic heterocycles. The molecule has 2 aromatic heterocycles. The number of carbonyl (C=O) groups is 2. The summed E-state index contributed by atoms with van der Waals surface area (Å²) in [6.45, 7) is 0. The van der Waals surface area contributed by atoms with Crippen LogP contribution in [-0.4, -0.2) is 28.8 Å². The number of pyridine rings is 1. The summed E-state index contributed by atoms with van der Waals surface area (Å²) in [6, 6.07) is 1.93. The Balaban J connectivity index is 1.68. The minimum absolute atomic E-state index is 0.0783. The number of thiazole rings is 1. The van der Waals surface area contributed by atoms with Gasteiger partial charge in [-0.15, -0.1) is 11.3 Å². The number of aromatic nitrogens is 2. The van der Waals surface area contributed by atoms with E-state index in [0.29, 0.717) is 10.7 Å². The van der Waals surface area contributed by atoms with Crippen molar-refractivity contribution in [3.05, 3.63) is 40.2 Å². The summed E-state index contributed by atoms with van der Waals surface area (Å²) < 4.78 is 0. The standard InChI is InChI=1S/C16H18N4O2S/c1-17-14(21)7-12-9-19-16(23-12)20-15(22)11-6-10-4-2-3-5-13(10)18-8-11/h6,8-9H,2-5,7H2,1H3,(H,17,21)(H,19,20,22). The van der Waals surface area contributed by atoms with Gasteiger partial charge in [-0.05, 0) is 37.3 Å². The van der Waals surface area contributed by atoms with E-state index in [1.807, 2.05) is 6.07 Å². The zero-order valence-electron chi connectivity index (χ0n) is 12.9. The van der Waals surface area contributed by atoms with Gasteiger partial charge in [-0.25, -0.2) is 4.98 Å². The van der Waals surface area contributed by atoms with Crippen LogP contribution in [0.2, 0.25) is 0 Å². The number of nitrogens with zero attached hydrogens (tertiary/aromatic N) is 2. The first kappa shape index (κ1) is 15.6. The molecule has 0 atom stereocenters. The summed E-state index contributed by atoms with van der Waals surface area (Å²) in [4.78, 5) is 33.0. The molecule has 2 N–H and O–H groups in total. The Bertz CT molecular complexity index is 741. The number of anilines is 1. The Hall–Kier alpha value is -2.28. The monoisotopic (exact) mass is 330 g/mol.